The first-order valence-corrected chi connectivity index (χ1v) is 8.05. The lowest BCUT2D eigenvalue weighted by Crippen LogP contribution is -2.41. The average molecular weight is 316 g/mol. The van der Waals surface area contributed by atoms with E-state index < -0.39 is 0 Å². The van der Waals surface area contributed by atoms with Crippen molar-refractivity contribution in [2.75, 3.05) is 0 Å². The van der Waals surface area contributed by atoms with E-state index in [9.17, 15) is 9.18 Å². The highest BCUT2D eigenvalue weighted by molar-refractivity contribution is 5.90. The Morgan fingerprint density at radius 3 is 2.65 bits per heavy atom. The minimum absolute atomic E-state index is 0.157. The second-order valence-corrected chi connectivity index (χ2v) is 6.21. The van der Waals surface area contributed by atoms with Gasteiger partial charge in [-0.2, -0.15) is 0 Å². The normalized spacial score (nSPS) is 21.2. The van der Waals surface area contributed by atoms with E-state index in [1.807, 2.05) is 0 Å². The van der Waals surface area contributed by atoms with E-state index in [0.29, 0.717) is 17.4 Å². The molecular formula is C17H21FN4O. The van der Waals surface area contributed by atoms with Crippen molar-refractivity contribution >= 4 is 5.91 Å². The Hall–Kier alpha value is -2.24. The highest BCUT2D eigenvalue weighted by atomic mass is 19.1. The molecule has 1 aromatic heterocycles. The minimum atomic E-state index is -0.309. The zero-order valence-electron chi connectivity index (χ0n) is 13.4. The van der Waals surface area contributed by atoms with E-state index in [-0.39, 0.29) is 23.6 Å². The molecule has 1 aliphatic rings. The van der Waals surface area contributed by atoms with E-state index in [1.54, 1.807) is 23.7 Å². The third-order valence-corrected chi connectivity index (χ3v) is 4.47. The Morgan fingerprint density at radius 1 is 1.26 bits per heavy atom. The third kappa shape index (κ3) is 3.41. The highest BCUT2D eigenvalue weighted by Gasteiger charge is 2.25. The summed E-state index contributed by atoms with van der Waals surface area (Å²) in [6.07, 6.45) is 4.52. The monoisotopic (exact) mass is 316 g/mol. The smallest absolute Gasteiger partial charge is 0.291 e. The molecule has 2 atom stereocenters. The van der Waals surface area contributed by atoms with Crippen molar-refractivity contribution in [3.8, 4) is 5.69 Å². The van der Waals surface area contributed by atoms with E-state index >= 15 is 0 Å². The van der Waals surface area contributed by atoms with Gasteiger partial charge in [-0.15, -0.1) is 5.10 Å². The van der Waals surface area contributed by atoms with Crippen molar-refractivity contribution < 1.29 is 9.18 Å². The molecule has 23 heavy (non-hydrogen) atoms. The van der Waals surface area contributed by atoms with Gasteiger partial charge in [0.05, 0.1) is 5.69 Å². The number of carbonyl (C=O) groups excluding carboxylic acids is 1. The number of hydrogen-bond acceptors (Lipinski definition) is 3. The van der Waals surface area contributed by atoms with Crippen molar-refractivity contribution in [2.45, 2.75) is 45.6 Å². The van der Waals surface area contributed by atoms with Crippen molar-refractivity contribution in [3.63, 3.8) is 0 Å². The lowest BCUT2D eigenvalue weighted by molar-refractivity contribution is 0.0899. The Kier molecular flexibility index (Phi) is 4.41. The van der Waals surface area contributed by atoms with Crippen LogP contribution in [0.5, 0.6) is 0 Å². The van der Waals surface area contributed by atoms with Gasteiger partial charge in [0.1, 0.15) is 11.6 Å². The van der Waals surface area contributed by atoms with Gasteiger partial charge >= 0.3 is 0 Å². The molecule has 1 N–H and O–H groups in total. The summed E-state index contributed by atoms with van der Waals surface area (Å²) in [7, 11) is 0. The molecule has 6 heteroatoms. The molecule has 0 radical (unpaired) electrons. The number of benzene rings is 1. The Balaban J connectivity index is 1.77. The Bertz CT molecular complexity index is 695. The van der Waals surface area contributed by atoms with E-state index in [0.717, 1.165) is 19.3 Å². The lowest BCUT2D eigenvalue weighted by Gasteiger charge is -2.28. The molecule has 1 aromatic carbocycles. The topological polar surface area (TPSA) is 59.8 Å². The molecule has 1 saturated carbocycles. The number of hydrogen-bond donors (Lipinski definition) is 1. The van der Waals surface area contributed by atoms with Gasteiger partial charge in [0.2, 0.25) is 5.82 Å². The predicted molar refractivity (Wildman–Crippen MR) is 84.9 cm³/mol. The van der Waals surface area contributed by atoms with Gasteiger partial charge in [-0.05, 0) is 49.9 Å². The van der Waals surface area contributed by atoms with Gasteiger partial charge in [-0.3, -0.25) is 4.79 Å². The number of rotatable bonds is 3. The van der Waals surface area contributed by atoms with Gasteiger partial charge in [0.25, 0.3) is 5.91 Å². The van der Waals surface area contributed by atoms with Crippen molar-refractivity contribution in [1.82, 2.24) is 20.1 Å². The molecule has 122 valence electrons. The maximum absolute atomic E-state index is 13.0. The van der Waals surface area contributed by atoms with Crippen LogP contribution in [-0.4, -0.2) is 26.7 Å². The van der Waals surface area contributed by atoms with Gasteiger partial charge in [0, 0.05) is 6.04 Å². The molecule has 0 bridgehead atoms. The summed E-state index contributed by atoms with van der Waals surface area (Å²) in [5.41, 5.74) is 0.682. The molecule has 1 heterocycles. The highest BCUT2D eigenvalue weighted by Crippen LogP contribution is 2.23. The van der Waals surface area contributed by atoms with Crippen LogP contribution in [0.4, 0.5) is 4.39 Å². The number of aryl methyl sites for hydroxylation is 1. The quantitative estimate of drug-likeness (QED) is 0.947. The Labute approximate surface area is 134 Å². The molecule has 2 aromatic rings. The number of aromatic nitrogens is 3. The van der Waals surface area contributed by atoms with Gasteiger partial charge in [0.15, 0.2) is 0 Å². The van der Waals surface area contributed by atoms with Crippen LogP contribution in [0.15, 0.2) is 24.3 Å². The number of nitrogens with zero attached hydrogens (tertiary/aromatic N) is 3. The SMILES string of the molecule is Cc1nc(C(=O)N[C@H]2CCCC[C@H]2C)nn1-c1ccc(F)cc1. The number of halogens is 1. The zero-order valence-corrected chi connectivity index (χ0v) is 13.4. The summed E-state index contributed by atoms with van der Waals surface area (Å²) in [5, 5.41) is 7.32. The van der Waals surface area contributed by atoms with Crippen LogP contribution in [-0.2, 0) is 0 Å². The van der Waals surface area contributed by atoms with Crippen molar-refractivity contribution in [2.24, 2.45) is 5.92 Å². The van der Waals surface area contributed by atoms with Gasteiger partial charge in [-0.1, -0.05) is 19.8 Å². The fourth-order valence-electron chi connectivity index (χ4n) is 3.08. The molecule has 0 spiro atoms. The summed E-state index contributed by atoms with van der Waals surface area (Å²) in [6, 6.07) is 6.14. The van der Waals surface area contributed by atoms with Crippen molar-refractivity contribution in [1.29, 1.82) is 0 Å². The average Bonchev–Trinajstić information content (AvgIpc) is 2.92. The fraction of sp³-hybridized carbons (Fsp3) is 0.471. The molecule has 0 unspecified atom stereocenters. The zero-order chi connectivity index (χ0) is 16.4. The van der Waals surface area contributed by atoms with Crippen LogP contribution in [0.3, 0.4) is 0 Å². The summed E-state index contributed by atoms with van der Waals surface area (Å²) in [4.78, 5) is 16.6. The number of nitrogens with one attached hydrogen (secondary N) is 1. The molecule has 3 rings (SSSR count). The molecule has 1 amide bonds. The van der Waals surface area contributed by atoms with Crippen molar-refractivity contribution in [3.05, 3.63) is 41.7 Å². The minimum Gasteiger partial charge on any atom is -0.346 e. The molecule has 0 aliphatic heterocycles. The molecule has 1 fully saturated rings. The van der Waals surface area contributed by atoms with E-state index in [2.05, 4.69) is 22.3 Å². The summed E-state index contributed by atoms with van der Waals surface area (Å²) in [5.74, 6) is 0.680. The molecule has 1 aliphatic carbocycles. The van der Waals surface area contributed by atoms with Crippen LogP contribution in [0.25, 0.3) is 5.69 Å². The largest absolute Gasteiger partial charge is 0.346 e. The lowest BCUT2D eigenvalue weighted by atomic mass is 9.86. The van der Waals surface area contributed by atoms with E-state index in [1.165, 1.54) is 18.6 Å². The van der Waals surface area contributed by atoms with Gasteiger partial charge in [-0.25, -0.2) is 14.1 Å². The Morgan fingerprint density at radius 2 is 1.96 bits per heavy atom. The first kappa shape index (κ1) is 15.6. The maximum atomic E-state index is 13.0. The second-order valence-electron chi connectivity index (χ2n) is 6.21. The fourth-order valence-corrected chi connectivity index (χ4v) is 3.08. The maximum Gasteiger partial charge on any atom is 0.291 e. The van der Waals surface area contributed by atoms with Crippen LogP contribution in [0, 0.1) is 18.7 Å². The number of carbonyl (C=O) groups is 1. The van der Waals surface area contributed by atoms with Crippen LogP contribution < -0.4 is 5.32 Å². The van der Waals surface area contributed by atoms with Crippen LogP contribution >= 0.6 is 0 Å². The standard InChI is InChI=1S/C17H21FN4O/c1-11-5-3-4-6-15(11)20-17(23)16-19-12(2)22(21-16)14-9-7-13(18)8-10-14/h7-11,15H,3-6H2,1-2H3,(H,20,23)/t11-,15+/m1/s1. The summed E-state index contributed by atoms with van der Waals surface area (Å²) < 4.78 is 14.6. The number of amides is 1. The molecule has 5 nitrogen and oxygen atoms in total. The van der Waals surface area contributed by atoms with E-state index in [4.69, 9.17) is 0 Å². The summed E-state index contributed by atoms with van der Waals surface area (Å²) >= 11 is 0. The molecular weight excluding hydrogens is 295 g/mol. The first-order chi connectivity index (χ1) is 11.0. The second kappa shape index (κ2) is 6.48. The molecule has 0 saturated heterocycles. The van der Waals surface area contributed by atoms with Gasteiger partial charge < -0.3 is 5.32 Å². The van der Waals surface area contributed by atoms with Crippen LogP contribution in [0.1, 0.15) is 49.1 Å². The van der Waals surface area contributed by atoms with Crippen LogP contribution in [0.2, 0.25) is 0 Å². The predicted octanol–water partition coefficient (Wildman–Crippen LogP) is 3.02. The summed E-state index contributed by atoms with van der Waals surface area (Å²) in [6.45, 7) is 3.94. The first-order valence-electron chi connectivity index (χ1n) is 8.05. The third-order valence-electron chi connectivity index (χ3n) is 4.47.